The van der Waals surface area contributed by atoms with E-state index in [1.165, 1.54) is 19.6 Å². The van der Waals surface area contributed by atoms with Crippen LogP contribution in [0.1, 0.15) is 176 Å². The van der Waals surface area contributed by atoms with Crippen LogP contribution in [0.2, 0.25) is 0 Å². The molecule has 0 radical (unpaired) electrons. The van der Waals surface area contributed by atoms with E-state index >= 15 is 19.2 Å². The van der Waals surface area contributed by atoms with Crippen LogP contribution in [0.3, 0.4) is 0 Å². The molecule has 10 amide bonds. The maximum absolute atomic E-state index is 15.0. The monoisotopic (exact) mass is 1740 g/mol. The molecule has 0 atom stereocenters. The molecule has 6 aliphatic rings. The number of fused-ring (bicyclic) bond motifs is 6. The second-order valence-corrected chi connectivity index (χ2v) is 35.4. The first-order valence-corrected chi connectivity index (χ1v) is 44.3. The molecule has 1 aliphatic carbocycles. The molecule has 1 N–H and O–H groups in total. The first kappa shape index (κ1) is 76.2. The van der Waals surface area contributed by atoms with Crippen LogP contribution in [-0.2, 0) is 12.8 Å². The van der Waals surface area contributed by atoms with Gasteiger partial charge < -0.3 is 9.47 Å². The summed E-state index contributed by atoms with van der Waals surface area (Å²) in [4.78, 5) is 182. The fourth-order valence-corrected chi connectivity index (χ4v) is 22.8. The van der Waals surface area contributed by atoms with E-state index in [1.54, 1.807) is 109 Å². The lowest BCUT2D eigenvalue weighted by Crippen LogP contribution is -2.43. The second-order valence-electron chi connectivity index (χ2n) is 35.4. The highest BCUT2D eigenvalue weighted by Gasteiger charge is 2.45. The summed E-state index contributed by atoms with van der Waals surface area (Å²) in [6.45, 7) is 0.0416. The maximum Gasteiger partial charge on any atom is 0.262 e. The Bertz CT molecular complexity index is 8310. The molecule has 5 aliphatic heterocycles. The van der Waals surface area contributed by atoms with Crippen LogP contribution in [0.25, 0.3) is 129 Å². The number of carbonyl (C=O) groups is 12. The summed E-state index contributed by atoms with van der Waals surface area (Å²) < 4.78 is 13.9. The van der Waals surface area contributed by atoms with Gasteiger partial charge in [-0.3, -0.25) is 82.5 Å². The Morgan fingerprint density at radius 3 is 0.821 bits per heavy atom. The fourth-order valence-electron chi connectivity index (χ4n) is 22.8. The van der Waals surface area contributed by atoms with E-state index in [2.05, 4.69) is 5.32 Å². The van der Waals surface area contributed by atoms with Crippen molar-refractivity contribution in [3.8, 4) is 23.0 Å². The van der Waals surface area contributed by atoms with E-state index in [0.717, 1.165) is 98.0 Å². The number of rotatable bonds is 16. The maximum atomic E-state index is 15.0. The van der Waals surface area contributed by atoms with Gasteiger partial charge in [0.2, 0.25) is 0 Å². The van der Waals surface area contributed by atoms with Crippen molar-refractivity contribution in [3.63, 3.8) is 0 Å². The van der Waals surface area contributed by atoms with E-state index in [1.807, 2.05) is 194 Å². The van der Waals surface area contributed by atoms with Gasteiger partial charge in [0, 0.05) is 128 Å². The lowest BCUT2D eigenvalue weighted by molar-refractivity contribution is 0.0548. The number of hydrogen-bond acceptors (Lipinski definition) is 14. The fraction of sp³-hybridized carbons (Fsp3) is 0.0609. The summed E-state index contributed by atoms with van der Waals surface area (Å²) in [5, 5.41) is 17.6. The molecule has 19 nitrogen and oxygen atoms in total. The van der Waals surface area contributed by atoms with Gasteiger partial charge in [0.25, 0.3) is 59.1 Å². The normalized spacial score (nSPS) is 14.8. The van der Waals surface area contributed by atoms with Crippen LogP contribution in [0.4, 0.5) is 0 Å². The highest BCUT2D eigenvalue weighted by molar-refractivity contribution is 6.47. The first-order valence-electron chi connectivity index (χ1n) is 44.3. The third kappa shape index (κ3) is 10.4. The van der Waals surface area contributed by atoms with E-state index in [4.69, 9.17) is 9.47 Å². The Balaban J connectivity index is 0.472. The topological polar surface area (TPSA) is 248 Å². The quantitative estimate of drug-likeness (QED) is 0.0409. The van der Waals surface area contributed by atoms with Crippen LogP contribution in [-0.4, -0.2) is 103 Å². The first-order chi connectivity index (χ1) is 65.5. The standard InChI is InChI=1S/C115H63N5O14/c121-86-55-87(122)84-53-88(133-62-25-21-56(22-26-62)49-51-117-108(125)76-41-29-64-68-33-45-80-98-81(46-34-69(92(68)98)65-30-42-77(109(117)126)96(76)90(64)65)113(130)119(112(80)129)104(58-13-5-1-6-14-58)59-15-7-2-8-16-59)100-74-39-40-75-95-85(107(124)116-106(75)123)54-89(101(103(74)95)73-38-37-72(86)94(84)102(73)100)134-63-27-23-57(24-28-63)50-52-118-110(127)78-43-31-66-70-35-47-82-99-83(48-36-71(93(70)99)67-32-44-79(111(118)128)97(78)91(66)67)115(132)120(114(82)131)105(60-17-9-3-10-18-60)61-19-11-4-12-20-61/h1-48,53-54,104-105H,49-52,55H2,(H,116,123,124). The van der Waals surface area contributed by atoms with Gasteiger partial charge in [0.15, 0.2) is 11.6 Å². The van der Waals surface area contributed by atoms with Gasteiger partial charge in [-0.1, -0.05) is 212 Å². The van der Waals surface area contributed by atoms with Gasteiger partial charge in [0.1, 0.15) is 23.0 Å². The summed E-state index contributed by atoms with van der Waals surface area (Å²) in [7, 11) is 0. The summed E-state index contributed by atoms with van der Waals surface area (Å²) in [5.74, 6) is -4.40. The van der Waals surface area contributed by atoms with Crippen molar-refractivity contribution in [1.29, 1.82) is 0 Å². The molecule has 0 unspecified atom stereocenters. The zero-order valence-corrected chi connectivity index (χ0v) is 70.6. The predicted octanol–water partition coefficient (Wildman–Crippen LogP) is 22.5. The molecule has 632 valence electrons. The van der Waals surface area contributed by atoms with Crippen molar-refractivity contribution in [1.82, 2.24) is 24.9 Å². The molecule has 21 aromatic carbocycles. The van der Waals surface area contributed by atoms with E-state index in [-0.39, 0.29) is 66.3 Å². The van der Waals surface area contributed by atoms with Crippen molar-refractivity contribution in [2.75, 3.05) is 13.1 Å². The molecule has 5 heterocycles. The zero-order chi connectivity index (χ0) is 90.0. The minimum Gasteiger partial charge on any atom is -0.457 e. The SMILES string of the molecule is O=C1CC(=O)c2cc(Oc3ccc(CCN4C(=O)c5ccc6c7ccc8c9c(ccc(c%10ccc(c5c6%10)C4=O)c97)C(=O)N(C(c4ccccc4)c4ccccc4)C8=O)cc3)c3c4ccc5c6c(cc(Oc7ccc(CCN8C(=O)c9ccc%10c%11ccc%12c%13c(ccc(c%14ccc(c9c%10%14)C8=O)c%13%11)C(=O)N(C(c8ccccc8)c8ccccc8)C%12=O)cc7)c(c7ccc1c2c73)c64)C(=O)NC5=O. The van der Waals surface area contributed by atoms with Gasteiger partial charge in [-0.15, -0.1) is 0 Å². The van der Waals surface area contributed by atoms with Crippen molar-refractivity contribution in [2.45, 2.75) is 31.3 Å². The minimum atomic E-state index is -0.696. The number of carbonyl (C=O) groups excluding carboxylic acids is 12. The summed E-state index contributed by atoms with van der Waals surface area (Å²) >= 11 is 0. The molecular formula is C115H63N5O14. The van der Waals surface area contributed by atoms with Gasteiger partial charge in [0.05, 0.1) is 24.1 Å². The molecule has 19 heteroatoms. The van der Waals surface area contributed by atoms with Crippen LogP contribution in [0, 0.1) is 0 Å². The molecular weight excluding hydrogens is 1680 g/mol. The van der Waals surface area contributed by atoms with E-state index < -0.39 is 76.9 Å². The average Bonchev–Trinajstić information content (AvgIpc) is 0.690. The number of nitrogens with one attached hydrogen (secondary N) is 1. The van der Waals surface area contributed by atoms with Crippen molar-refractivity contribution in [3.05, 3.63) is 403 Å². The number of ketones is 2. The molecule has 0 saturated carbocycles. The molecule has 0 saturated heterocycles. The highest BCUT2D eigenvalue weighted by Crippen LogP contribution is 2.56. The zero-order valence-electron chi connectivity index (χ0n) is 70.6. The number of nitrogens with zero attached hydrogens (tertiary/aromatic N) is 4. The lowest BCUT2D eigenvalue weighted by atomic mass is 9.79. The number of amides is 10. The Kier molecular flexibility index (Phi) is 15.8. The van der Waals surface area contributed by atoms with Crippen LogP contribution in [0.5, 0.6) is 23.0 Å². The molecule has 27 rings (SSSR count). The number of hydrogen-bond donors (Lipinski definition) is 1. The number of benzene rings is 21. The summed E-state index contributed by atoms with van der Waals surface area (Å²) in [6, 6.07) is 90.5. The van der Waals surface area contributed by atoms with Crippen molar-refractivity contribution in [2.24, 2.45) is 0 Å². The molecule has 0 fully saturated rings. The molecule has 0 spiro atoms. The van der Waals surface area contributed by atoms with Crippen LogP contribution < -0.4 is 14.8 Å². The average molecular weight is 1740 g/mol. The van der Waals surface area contributed by atoms with Gasteiger partial charge in [-0.25, -0.2) is 0 Å². The summed E-state index contributed by atoms with van der Waals surface area (Å²) in [6.07, 6.45) is 0.128. The third-order valence-electron chi connectivity index (χ3n) is 28.7. The van der Waals surface area contributed by atoms with Gasteiger partial charge >= 0.3 is 0 Å². The van der Waals surface area contributed by atoms with E-state index in [0.29, 0.717) is 126 Å². The van der Waals surface area contributed by atoms with Crippen LogP contribution >= 0.6 is 0 Å². The van der Waals surface area contributed by atoms with Crippen LogP contribution in [0.15, 0.2) is 303 Å². The Hall–Kier alpha value is -17.8. The largest absolute Gasteiger partial charge is 0.457 e. The molecule has 0 aromatic heterocycles. The molecule has 21 aromatic rings. The van der Waals surface area contributed by atoms with Gasteiger partial charge in [-0.2, -0.15) is 0 Å². The van der Waals surface area contributed by atoms with Crippen molar-refractivity contribution >= 4 is 200 Å². The smallest absolute Gasteiger partial charge is 0.262 e. The Morgan fingerprint density at radius 1 is 0.231 bits per heavy atom. The number of ether oxygens (including phenoxy) is 2. The lowest BCUT2D eigenvalue weighted by Gasteiger charge is -2.35. The van der Waals surface area contributed by atoms with Gasteiger partial charge in [-0.05, 0) is 213 Å². The minimum absolute atomic E-state index is 0.0195. The Labute approximate surface area is 758 Å². The second kappa shape index (κ2) is 27.8. The Morgan fingerprint density at radius 2 is 0.493 bits per heavy atom. The van der Waals surface area contributed by atoms with Crippen molar-refractivity contribution < 1.29 is 67.0 Å². The summed E-state index contributed by atoms with van der Waals surface area (Å²) in [5.41, 5.74) is 8.67. The number of imide groups is 5. The van der Waals surface area contributed by atoms with E-state index in [9.17, 15) is 38.4 Å². The number of Topliss-reactive ketones (excluding diaryl/α,β-unsaturated/α-hetero) is 2. The highest BCUT2D eigenvalue weighted by atomic mass is 16.5. The predicted molar refractivity (Wildman–Crippen MR) is 510 cm³/mol. The third-order valence-corrected chi connectivity index (χ3v) is 28.7. The molecule has 134 heavy (non-hydrogen) atoms. The molecule has 0 bridgehead atoms.